The summed E-state index contributed by atoms with van der Waals surface area (Å²) in [6, 6.07) is 3.87. The van der Waals surface area contributed by atoms with E-state index in [0.717, 1.165) is 29.5 Å². The quantitative estimate of drug-likeness (QED) is 0.242. The van der Waals surface area contributed by atoms with Crippen LogP contribution in [0.5, 0.6) is 0 Å². The molecule has 1 fully saturated rings. The monoisotopic (exact) mass is 628 g/mol. The van der Waals surface area contributed by atoms with Crippen LogP contribution in [0.2, 0.25) is 0 Å². The predicted octanol–water partition coefficient (Wildman–Crippen LogP) is 3.74. The van der Waals surface area contributed by atoms with Crippen molar-refractivity contribution in [3.63, 3.8) is 0 Å². The first-order valence-corrected chi connectivity index (χ1v) is 10.7. The summed E-state index contributed by atoms with van der Waals surface area (Å²) in [6.45, 7) is 10.8. The van der Waals surface area contributed by atoms with E-state index in [1.165, 1.54) is 19.1 Å². The predicted molar refractivity (Wildman–Crippen MR) is 122 cm³/mol. The SMILES string of the molecule is C=C(/C=N\C(=C/C)OCCF)N(O)Cc1nc(-c2ccc(N3CCCC3)nc2)n[n-]1.CC.[W]. The second-order valence-electron chi connectivity index (χ2n) is 6.62. The minimum Gasteiger partial charge on any atom is -0.475 e. The van der Waals surface area contributed by atoms with Gasteiger partial charge in [0.25, 0.3) is 0 Å². The fourth-order valence-corrected chi connectivity index (χ4v) is 2.89. The fraction of sp³-hybridized carbons (Fsp3) is 0.455. The molecule has 2 aromatic heterocycles. The summed E-state index contributed by atoms with van der Waals surface area (Å²) in [6.07, 6.45) is 7.01. The number of alkyl halides is 1. The van der Waals surface area contributed by atoms with Gasteiger partial charge in [-0.3, -0.25) is 15.4 Å². The summed E-state index contributed by atoms with van der Waals surface area (Å²) in [5, 5.41) is 19.1. The number of hydroxylamine groups is 2. The number of aromatic nitrogens is 4. The zero-order chi connectivity index (χ0) is 23.3. The topological polar surface area (TPSA) is 101 Å². The van der Waals surface area contributed by atoms with Gasteiger partial charge in [-0.1, -0.05) is 20.4 Å². The normalized spacial score (nSPS) is 13.4. The summed E-state index contributed by atoms with van der Waals surface area (Å²) >= 11 is 0. The second kappa shape index (κ2) is 15.3. The molecule has 1 N–H and O–H groups in total. The number of nitrogens with zero attached hydrogens (tertiary/aromatic N) is 7. The van der Waals surface area contributed by atoms with Crippen molar-refractivity contribution in [2.45, 2.75) is 40.2 Å². The van der Waals surface area contributed by atoms with Crippen LogP contribution < -0.4 is 10.00 Å². The van der Waals surface area contributed by atoms with Crippen molar-refractivity contribution < 1.29 is 35.4 Å². The van der Waals surface area contributed by atoms with Gasteiger partial charge in [-0.2, -0.15) is 0 Å². The van der Waals surface area contributed by atoms with Gasteiger partial charge in [-0.15, -0.1) is 0 Å². The Kier molecular flexibility index (Phi) is 13.2. The number of hydrogen-bond acceptors (Lipinski definition) is 8. The van der Waals surface area contributed by atoms with Crippen molar-refractivity contribution in [3.8, 4) is 11.4 Å². The van der Waals surface area contributed by atoms with Crippen LogP contribution in [-0.2, 0) is 32.3 Å². The number of hydrogen-bond donors (Lipinski definition) is 1. The van der Waals surface area contributed by atoms with E-state index in [2.05, 4.69) is 36.6 Å². The standard InChI is InChI=1S/C20H25FN7O2.C2H6.W/c1-3-19(30-11-8-21)23-12-15(2)28(29)14-17-24-20(26-25-17)16-6-7-18(22-13-16)27-9-4-5-10-27;1-2;/h3,6-7,12-13,29H,2,4-5,8-11,14H2,1H3;1-2H3;/q-1;;/b19-3+,23-12-;;. The molecule has 0 amide bonds. The Bertz CT molecular complexity index is 896. The molecule has 0 radical (unpaired) electrons. The number of halogens is 1. The fourth-order valence-electron chi connectivity index (χ4n) is 2.89. The van der Waals surface area contributed by atoms with Gasteiger partial charge in [0.15, 0.2) is 0 Å². The van der Waals surface area contributed by atoms with E-state index >= 15 is 0 Å². The van der Waals surface area contributed by atoms with Gasteiger partial charge in [0.1, 0.15) is 19.1 Å². The molecule has 180 valence electrons. The van der Waals surface area contributed by atoms with Gasteiger partial charge in [0.2, 0.25) is 5.88 Å². The first-order valence-electron chi connectivity index (χ1n) is 10.7. The van der Waals surface area contributed by atoms with E-state index in [1.807, 2.05) is 26.0 Å². The summed E-state index contributed by atoms with van der Waals surface area (Å²) in [7, 11) is 0. The molecule has 0 aliphatic carbocycles. The second-order valence-corrected chi connectivity index (χ2v) is 6.62. The molecule has 3 heterocycles. The summed E-state index contributed by atoms with van der Waals surface area (Å²) in [5.74, 6) is 1.95. The molecule has 33 heavy (non-hydrogen) atoms. The molecule has 0 spiro atoms. The maximum absolute atomic E-state index is 12.2. The molecule has 1 aliphatic heterocycles. The maximum atomic E-state index is 12.2. The van der Waals surface area contributed by atoms with Gasteiger partial charge in [0, 0.05) is 45.9 Å². The average Bonchev–Trinajstić information content (AvgIpc) is 3.53. The zero-order valence-electron chi connectivity index (χ0n) is 19.3. The van der Waals surface area contributed by atoms with Crippen LogP contribution in [0.25, 0.3) is 11.4 Å². The van der Waals surface area contributed by atoms with Crippen molar-refractivity contribution in [3.05, 3.63) is 48.4 Å². The zero-order valence-corrected chi connectivity index (χ0v) is 22.2. The summed E-state index contributed by atoms with van der Waals surface area (Å²) in [4.78, 5) is 15.1. The third-order valence-corrected chi connectivity index (χ3v) is 4.47. The molecule has 0 bridgehead atoms. The Morgan fingerprint density at radius 3 is 2.70 bits per heavy atom. The molecule has 0 atom stereocenters. The molecule has 1 saturated heterocycles. The van der Waals surface area contributed by atoms with Crippen LogP contribution in [0.15, 0.2) is 47.6 Å². The van der Waals surface area contributed by atoms with Crippen molar-refractivity contribution >= 4 is 12.0 Å². The van der Waals surface area contributed by atoms with Gasteiger partial charge in [-0.25, -0.2) is 14.4 Å². The van der Waals surface area contributed by atoms with Crippen molar-refractivity contribution in [1.29, 1.82) is 0 Å². The van der Waals surface area contributed by atoms with E-state index in [1.54, 1.807) is 19.2 Å². The molecule has 0 aromatic carbocycles. The molecule has 11 heteroatoms. The van der Waals surface area contributed by atoms with Gasteiger partial charge in [-0.05, 0) is 43.8 Å². The van der Waals surface area contributed by atoms with Crippen LogP contribution in [0, 0.1) is 0 Å². The maximum Gasteiger partial charge on any atom is 0.208 e. The van der Waals surface area contributed by atoms with Gasteiger partial charge < -0.3 is 19.7 Å². The molecular weight excluding hydrogens is 597 g/mol. The van der Waals surface area contributed by atoms with Crippen molar-refractivity contribution in [2.24, 2.45) is 4.99 Å². The van der Waals surface area contributed by atoms with Gasteiger partial charge >= 0.3 is 0 Å². The molecule has 0 unspecified atom stereocenters. The van der Waals surface area contributed by atoms with Crippen molar-refractivity contribution in [2.75, 3.05) is 31.3 Å². The number of pyridine rings is 1. The first-order chi connectivity index (χ1) is 15.6. The summed E-state index contributed by atoms with van der Waals surface area (Å²) in [5.41, 5.74) is 0.950. The van der Waals surface area contributed by atoms with Crippen LogP contribution in [-0.4, -0.2) is 57.9 Å². The third kappa shape index (κ3) is 8.70. The third-order valence-electron chi connectivity index (χ3n) is 4.47. The van der Waals surface area contributed by atoms with Crippen LogP contribution >= 0.6 is 0 Å². The number of rotatable bonds is 10. The molecule has 2 aromatic rings. The Balaban J connectivity index is 0.00000177. The van der Waals surface area contributed by atoms with E-state index < -0.39 is 6.67 Å². The number of aliphatic imine (C=N–C) groups is 1. The number of ether oxygens (including phenoxy) is 1. The molecule has 3 rings (SSSR count). The minimum atomic E-state index is -0.611. The number of allylic oxidation sites excluding steroid dienone is 2. The molecule has 0 saturated carbocycles. The van der Waals surface area contributed by atoms with E-state index in [0.29, 0.717) is 11.6 Å². The van der Waals surface area contributed by atoms with E-state index in [4.69, 9.17) is 4.74 Å². The van der Waals surface area contributed by atoms with Crippen LogP contribution in [0.3, 0.4) is 0 Å². The smallest absolute Gasteiger partial charge is 0.208 e. The minimum absolute atomic E-state index is 0. The molecule has 9 nitrogen and oxygen atoms in total. The average molecular weight is 628 g/mol. The Labute approximate surface area is 208 Å². The van der Waals surface area contributed by atoms with Crippen molar-refractivity contribution in [1.82, 2.24) is 25.2 Å². The van der Waals surface area contributed by atoms with Crippen LogP contribution in [0.4, 0.5) is 10.2 Å². The first kappa shape index (κ1) is 28.5. The van der Waals surface area contributed by atoms with E-state index in [9.17, 15) is 9.60 Å². The van der Waals surface area contributed by atoms with Crippen LogP contribution in [0.1, 0.15) is 39.4 Å². The van der Waals surface area contributed by atoms with Gasteiger partial charge in [0.05, 0.1) is 24.3 Å². The Morgan fingerprint density at radius 2 is 2.09 bits per heavy atom. The Hall–Kier alpha value is -2.58. The largest absolute Gasteiger partial charge is 0.475 e. The molecule has 1 aliphatic rings. The number of anilines is 1. The Morgan fingerprint density at radius 1 is 1.36 bits per heavy atom. The van der Waals surface area contributed by atoms with E-state index in [-0.39, 0.29) is 45.8 Å². The molecular formula is C22H31FN7O2W-. The summed E-state index contributed by atoms with van der Waals surface area (Å²) < 4.78 is 17.3.